The van der Waals surface area contributed by atoms with Crippen molar-refractivity contribution in [2.45, 2.75) is 25.9 Å². The zero-order valence-electron chi connectivity index (χ0n) is 14.4. The van der Waals surface area contributed by atoms with E-state index in [-0.39, 0.29) is 5.56 Å². The molecule has 1 N–H and O–H groups in total. The molecule has 4 heteroatoms. The molecule has 0 aliphatic carbocycles. The second-order valence-corrected chi connectivity index (χ2v) is 7.08. The molecule has 4 nitrogen and oxygen atoms in total. The van der Waals surface area contributed by atoms with Gasteiger partial charge in [-0.3, -0.25) is 4.79 Å². The SMILES string of the molecule is O=c1c2ccccc2ncn1C[NH+]1CCC(Cc2ccccc2)CC1. The Bertz CT molecular complexity index is 896. The van der Waals surface area contributed by atoms with Crippen LogP contribution in [0.25, 0.3) is 10.9 Å². The average Bonchev–Trinajstić information content (AvgIpc) is 2.67. The molecule has 1 fully saturated rings. The molecule has 2 heterocycles. The van der Waals surface area contributed by atoms with Gasteiger partial charge < -0.3 is 4.90 Å². The first-order chi connectivity index (χ1) is 12.3. The van der Waals surface area contributed by atoms with Crippen LogP contribution in [0, 0.1) is 5.92 Å². The maximum Gasteiger partial charge on any atom is 0.265 e. The van der Waals surface area contributed by atoms with Crippen molar-refractivity contribution < 1.29 is 4.90 Å². The van der Waals surface area contributed by atoms with Crippen LogP contribution in [0.4, 0.5) is 0 Å². The third-order valence-corrected chi connectivity index (χ3v) is 5.30. The van der Waals surface area contributed by atoms with E-state index in [0.29, 0.717) is 12.1 Å². The van der Waals surface area contributed by atoms with Crippen LogP contribution in [0.5, 0.6) is 0 Å². The number of piperidine rings is 1. The van der Waals surface area contributed by atoms with Crippen LogP contribution < -0.4 is 10.5 Å². The Hall–Kier alpha value is -2.46. The van der Waals surface area contributed by atoms with E-state index in [2.05, 4.69) is 35.3 Å². The van der Waals surface area contributed by atoms with Crippen molar-refractivity contribution >= 4 is 10.9 Å². The van der Waals surface area contributed by atoms with Gasteiger partial charge in [-0.15, -0.1) is 0 Å². The highest BCUT2D eigenvalue weighted by atomic mass is 16.1. The molecule has 1 aromatic heterocycles. The molecule has 0 amide bonds. The Kier molecular flexibility index (Phi) is 4.61. The molecule has 2 aromatic carbocycles. The van der Waals surface area contributed by atoms with E-state index < -0.39 is 0 Å². The Morgan fingerprint density at radius 1 is 1.00 bits per heavy atom. The van der Waals surface area contributed by atoms with Gasteiger partial charge in [0, 0.05) is 0 Å². The maximum absolute atomic E-state index is 12.6. The first-order valence-corrected chi connectivity index (χ1v) is 9.11. The standard InChI is InChI=1S/C21H23N3O/c25-21-19-8-4-5-9-20(19)22-15-24(21)16-23-12-10-18(11-13-23)14-17-6-2-1-3-7-17/h1-9,15,18H,10-14,16H2/p+1. The van der Waals surface area contributed by atoms with Gasteiger partial charge in [-0.2, -0.15) is 0 Å². The van der Waals surface area contributed by atoms with Crippen LogP contribution in [0.1, 0.15) is 18.4 Å². The first kappa shape index (κ1) is 16.0. The van der Waals surface area contributed by atoms with Crippen molar-refractivity contribution in [2.75, 3.05) is 13.1 Å². The van der Waals surface area contributed by atoms with Crippen LogP contribution >= 0.6 is 0 Å². The van der Waals surface area contributed by atoms with E-state index >= 15 is 0 Å². The minimum absolute atomic E-state index is 0.0736. The Morgan fingerprint density at radius 2 is 1.72 bits per heavy atom. The molecular formula is C21H24N3O+. The highest BCUT2D eigenvalue weighted by Crippen LogP contribution is 2.16. The van der Waals surface area contributed by atoms with Crippen molar-refractivity contribution in [3.63, 3.8) is 0 Å². The number of rotatable bonds is 4. The number of nitrogens with zero attached hydrogens (tertiary/aromatic N) is 2. The molecule has 1 aliphatic rings. The molecule has 25 heavy (non-hydrogen) atoms. The summed E-state index contributed by atoms with van der Waals surface area (Å²) < 4.78 is 1.77. The fraction of sp³-hybridized carbons (Fsp3) is 0.333. The second kappa shape index (κ2) is 7.19. The van der Waals surface area contributed by atoms with E-state index in [1.54, 1.807) is 10.9 Å². The minimum Gasteiger partial charge on any atom is -0.317 e. The van der Waals surface area contributed by atoms with Gasteiger partial charge in [0.1, 0.15) is 6.33 Å². The molecule has 1 aliphatic heterocycles. The third kappa shape index (κ3) is 3.64. The van der Waals surface area contributed by atoms with Crippen LogP contribution in [-0.4, -0.2) is 22.6 Å². The molecule has 128 valence electrons. The van der Waals surface area contributed by atoms with Crippen LogP contribution in [0.3, 0.4) is 0 Å². The number of hydrogen-bond donors (Lipinski definition) is 1. The number of hydrogen-bond acceptors (Lipinski definition) is 2. The number of fused-ring (bicyclic) bond motifs is 1. The largest absolute Gasteiger partial charge is 0.317 e. The van der Waals surface area contributed by atoms with Crippen molar-refractivity contribution in [2.24, 2.45) is 5.92 Å². The van der Waals surface area contributed by atoms with Crippen LogP contribution in [0.15, 0.2) is 65.7 Å². The van der Waals surface area contributed by atoms with Crippen molar-refractivity contribution in [1.82, 2.24) is 9.55 Å². The molecule has 0 bridgehead atoms. The molecule has 3 aromatic rings. The summed E-state index contributed by atoms with van der Waals surface area (Å²) in [6.45, 7) is 2.96. The predicted molar refractivity (Wildman–Crippen MR) is 99.6 cm³/mol. The van der Waals surface area contributed by atoms with Crippen molar-refractivity contribution in [3.8, 4) is 0 Å². The smallest absolute Gasteiger partial charge is 0.265 e. The average molecular weight is 334 g/mol. The molecule has 0 saturated carbocycles. The second-order valence-electron chi connectivity index (χ2n) is 7.08. The number of quaternary nitrogens is 1. The fourth-order valence-electron chi connectivity index (χ4n) is 3.86. The molecule has 1 saturated heterocycles. The lowest BCUT2D eigenvalue weighted by molar-refractivity contribution is -0.928. The number of aromatic nitrogens is 2. The monoisotopic (exact) mass is 334 g/mol. The van der Waals surface area contributed by atoms with Gasteiger partial charge in [0.05, 0.1) is 24.0 Å². The molecule has 0 atom stereocenters. The molecule has 0 spiro atoms. The highest BCUT2D eigenvalue weighted by Gasteiger charge is 2.22. The van der Waals surface area contributed by atoms with E-state index in [1.807, 2.05) is 24.3 Å². The molecular weight excluding hydrogens is 310 g/mol. The van der Waals surface area contributed by atoms with Crippen LogP contribution in [0.2, 0.25) is 0 Å². The maximum atomic E-state index is 12.6. The topological polar surface area (TPSA) is 39.3 Å². The van der Waals surface area contributed by atoms with E-state index in [9.17, 15) is 4.79 Å². The highest BCUT2D eigenvalue weighted by molar-refractivity contribution is 5.76. The summed E-state index contributed by atoms with van der Waals surface area (Å²) >= 11 is 0. The zero-order chi connectivity index (χ0) is 17.1. The molecule has 4 rings (SSSR count). The van der Waals surface area contributed by atoms with Gasteiger partial charge >= 0.3 is 0 Å². The lowest BCUT2D eigenvalue weighted by Crippen LogP contribution is -3.12. The summed E-state index contributed by atoms with van der Waals surface area (Å²) in [5, 5.41) is 0.711. The zero-order valence-corrected chi connectivity index (χ0v) is 14.4. The van der Waals surface area contributed by atoms with E-state index in [4.69, 9.17) is 0 Å². The summed E-state index contributed by atoms with van der Waals surface area (Å²) in [7, 11) is 0. The Morgan fingerprint density at radius 3 is 2.52 bits per heavy atom. The minimum atomic E-state index is 0.0736. The predicted octanol–water partition coefficient (Wildman–Crippen LogP) is 1.89. The number of benzene rings is 2. The lowest BCUT2D eigenvalue weighted by Gasteiger charge is -2.29. The van der Waals surface area contributed by atoms with Gasteiger partial charge in [-0.25, -0.2) is 9.55 Å². The normalized spacial score (nSPS) is 20.6. The van der Waals surface area contributed by atoms with E-state index in [0.717, 1.165) is 24.5 Å². The quantitative estimate of drug-likeness (QED) is 0.791. The van der Waals surface area contributed by atoms with Crippen LogP contribution in [-0.2, 0) is 13.1 Å². The van der Waals surface area contributed by atoms with Gasteiger partial charge in [-0.1, -0.05) is 42.5 Å². The van der Waals surface area contributed by atoms with E-state index in [1.165, 1.54) is 29.7 Å². The number of nitrogens with one attached hydrogen (secondary N) is 1. The summed E-state index contributed by atoms with van der Waals surface area (Å²) in [6, 6.07) is 18.3. The Labute approximate surface area is 147 Å². The van der Waals surface area contributed by atoms with Crippen molar-refractivity contribution in [3.05, 3.63) is 76.8 Å². The summed E-state index contributed by atoms with van der Waals surface area (Å²) in [4.78, 5) is 18.5. The molecule has 0 radical (unpaired) electrons. The Balaban J connectivity index is 1.39. The number of likely N-dealkylation sites (tertiary alicyclic amines) is 1. The molecule has 0 unspecified atom stereocenters. The lowest BCUT2D eigenvalue weighted by atomic mass is 9.90. The van der Waals surface area contributed by atoms with Gasteiger partial charge in [0.2, 0.25) is 0 Å². The third-order valence-electron chi connectivity index (χ3n) is 5.30. The fourth-order valence-corrected chi connectivity index (χ4v) is 3.86. The first-order valence-electron chi connectivity index (χ1n) is 9.11. The van der Waals surface area contributed by atoms with Gasteiger partial charge in [-0.05, 0) is 42.9 Å². The van der Waals surface area contributed by atoms with Gasteiger partial charge in [0.15, 0.2) is 6.67 Å². The van der Waals surface area contributed by atoms with Gasteiger partial charge in [0.25, 0.3) is 5.56 Å². The summed E-state index contributed by atoms with van der Waals surface area (Å²) in [6.07, 6.45) is 5.32. The summed E-state index contributed by atoms with van der Waals surface area (Å²) in [5.41, 5.74) is 2.29. The van der Waals surface area contributed by atoms with Crippen molar-refractivity contribution in [1.29, 1.82) is 0 Å². The summed E-state index contributed by atoms with van der Waals surface area (Å²) in [5.74, 6) is 0.762. The number of para-hydroxylation sites is 1.